The van der Waals surface area contributed by atoms with Crippen molar-refractivity contribution in [2.75, 3.05) is 6.61 Å². The molecule has 0 spiro atoms. The Labute approximate surface area is 100 Å². The molecule has 1 amide bonds. The van der Waals surface area contributed by atoms with Crippen LogP contribution < -0.4 is 5.32 Å². The fraction of sp³-hybridized carbons (Fsp3) is 0.385. The van der Waals surface area contributed by atoms with Crippen molar-refractivity contribution in [2.45, 2.75) is 25.3 Å². The molecule has 1 fully saturated rings. The van der Waals surface area contributed by atoms with E-state index in [9.17, 15) is 4.79 Å². The zero-order chi connectivity index (χ0) is 12.1. The van der Waals surface area contributed by atoms with Crippen LogP contribution in [0.3, 0.4) is 0 Å². The smallest absolute Gasteiger partial charge is 0.271 e. The van der Waals surface area contributed by atoms with Crippen LogP contribution in [0.4, 0.5) is 0 Å². The summed E-state index contributed by atoms with van der Waals surface area (Å²) < 4.78 is 0. The number of carbonyl (C=O) groups is 1. The van der Waals surface area contributed by atoms with Crippen molar-refractivity contribution < 1.29 is 9.90 Å². The van der Waals surface area contributed by atoms with Gasteiger partial charge >= 0.3 is 0 Å². The molecular weight excluding hydrogens is 216 g/mol. The van der Waals surface area contributed by atoms with Crippen molar-refractivity contribution in [2.24, 2.45) is 0 Å². The predicted octanol–water partition coefficient (Wildman–Crippen LogP) is 0.708. The molecule has 88 valence electrons. The summed E-state index contributed by atoms with van der Waals surface area (Å²) in [6.07, 6.45) is 4.82. The molecule has 1 aromatic rings. The minimum atomic E-state index is -0.224. The van der Waals surface area contributed by atoms with Gasteiger partial charge in [0.15, 0.2) is 0 Å². The third-order valence-electron chi connectivity index (χ3n) is 2.77. The van der Waals surface area contributed by atoms with Crippen LogP contribution in [0.15, 0.2) is 18.3 Å². The summed E-state index contributed by atoms with van der Waals surface area (Å²) in [5.41, 5.74) is 0.888. The van der Waals surface area contributed by atoms with Gasteiger partial charge in [-0.1, -0.05) is 11.8 Å². The number of aliphatic hydroxyl groups excluding tert-OH is 1. The van der Waals surface area contributed by atoms with Crippen LogP contribution in [-0.2, 0) is 0 Å². The summed E-state index contributed by atoms with van der Waals surface area (Å²) >= 11 is 0. The molecule has 0 atom stereocenters. The molecule has 0 saturated heterocycles. The van der Waals surface area contributed by atoms with Gasteiger partial charge < -0.3 is 10.4 Å². The lowest BCUT2D eigenvalue weighted by molar-refractivity contribution is 0.0911. The molecule has 1 aliphatic rings. The SMILES string of the molecule is O=C(NC1CCC1)c1ncccc1C#CCO. The molecule has 1 aromatic heterocycles. The van der Waals surface area contributed by atoms with Gasteiger partial charge in [-0.15, -0.1) is 0 Å². The summed E-state index contributed by atoms with van der Waals surface area (Å²) in [7, 11) is 0. The fourth-order valence-electron chi connectivity index (χ4n) is 1.63. The largest absolute Gasteiger partial charge is 0.384 e. The average molecular weight is 230 g/mol. The molecule has 2 N–H and O–H groups in total. The molecule has 1 saturated carbocycles. The Morgan fingerprint density at radius 3 is 3.06 bits per heavy atom. The third kappa shape index (κ3) is 2.83. The van der Waals surface area contributed by atoms with Crippen molar-refractivity contribution in [1.29, 1.82) is 0 Å². The maximum Gasteiger partial charge on any atom is 0.271 e. The van der Waals surface area contributed by atoms with Crippen LogP contribution in [0.25, 0.3) is 0 Å². The Balaban J connectivity index is 2.15. The molecule has 4 nitrogen and oxygen atoms in total. The average Bonchev–Trinajstić information content (AvgIpc) is 2.31. The van der Waals surface area contributed by atoms with Gasteiger partial charge in [-0.05, 0) is 31.4 Å². The lowest BCUT2D eigenvalue weighted by Crippen LogP contribution is -2.40. The highest BCUT2D eigenvalue weighted by Gasteiger charge is 2.21. The van der Waals surface area contributed by atoms with Crippen molar-refractivity contribution in [1.82, 2.24) is 10.3 Å². The molecule has 0 radical (unpaired) electrons. The van der Waals surface area contributed by atoms with E-state index < -0.39 is 0 Å². The highest BCUT2D eigenvalue weighted by atomic mass is 16.2. The number of carbonyl (C=O) groups excluding carboxylic acids is 1. The monoisotopic (exact) mass is 230 g/mol. The highest BCUT2D eigenvalue weighted by Crippen LogP contribution is 2.18. The second-order valence-electron chi connectivity index (χ2n) is 3.96. The van der Waals surface area contributed by atoms with Gasteiger partial charge in [0, 0.05) is 12.2 Å². The van der Waals surface area contributed by atoms with Crippen molar-refractivity contribution in [3.63, 3.8) is 0 Å². The van der Waals surface area contributed by atoms with Gasteiger partial charge in [-0.25, -0.2) is 4.98 Å². The minimum Gasteiger partial charge on any atom is -0.384 e. The van der Waals surface area contributed by atoms with E-state index in [-0.39, 0.29) is 18.6 Å². The number of amides is 1. The number of aromatic nitrogens is 1. The Kier molecular flexibility index (Phi) is 3.73. The summed E-state index contributed by atoms with van der Waals surface area (Å²) in [5, 5.41) is 11.6. The number of hydrogen-bond donors (Lipinski definition) is 2. The molecule has 0 unspecified atom stereocenters. The van der Waals surface area contributed by atoms with Gasteiger partial charge in [0.25, 0.3) is 5.91 Å². The summed E-state index contributed by atoms with van der Waals surface area (Å²) in [6.45, 7) is -0.224. The third-order valence-corrected chi connectivity index (χ3v) is 2.77. The quantitative estimate of drug-likeness (QED) is 0.735. The first-order valence-corrected chi connectivity index (χ1v) is 5.67. The van der Waals surface area contributed by atoms with Crippen LogP contribution in [-0.4, -0.2) is 28.6 Å². The van der Waals surface area contributed by atoms with Gasteiger partial charge in [-0.2, -0.15) is 0 Å². The zero-order valence-electron chi connectivity index (χ0n) is 9.44. The van der Waals surface area contributed by atoms with Crippen LogP contribution in [0.5, 0.6) is 0 Å². The van der Waals surface area contributed by atoms with Gasteiger partial charge in [0.05, 0.1) is 5.56 Å². The number of aliphatic hydroxyl groups is 1. The Morgan fingerprint density at radius 2 is 2.41 bits per heavy atom. The van der Waals surface area contributed by atoms with E-state index in [0.29, 0.717) is 11.3 Å². The van der Waals surface area contributed by atoms with E-state index in [1.165, 1.54) is 6.42 Å². The van der Waals surface area contributed by atoms with Crippen molar-refractivity contribution >= 4 is 5.91 Å². The Hall–Kier alpha value is -1.86. The maximum absolute atomic E-state index is 11.9. The first kappa shape index (κ1) is 11.6. The van der Waals surface area contributed by atoms with E-state index in [4.69, 9.17) is 5.11 Å². The molecule has 4 heteroatoms. The summed E-state index contributed by atoms with van der Waals surface area (Å²) in [5.74, 6) is 5.07. The molecule has 0 aromatic carbocycles. The van der Waals surface area contributed by atoms with Crippen LogP contribution in [0.2, 0.25) is 0 Å². The highest BCUT2D eigenvalue weighted by molar-refractivity contribution is 5.94. The van der Waals surface area contributed by atoms with Crippen LogP contribution in [0, 0.1) is 11.8 Å². The second-order valence-corrected chi connectivity index (χ2v) is 3.96. The Bertz CT molecular complexity index is 470. The summed E-state index contributed by atoms with van der Waals surface area (Å²) in [4.78, 5) is 16.0. The number of hydrogen-bond acceptors (Lipinski definition) is 3. The first-order valence-electron chi connectivity index (χ1n) is 5.67. The molecule has 0 bridgehead atoms. The predicted molar refractivity (Wildman–Crippen MR) is 63.3 cm³/mol. The normalized spacial score (nSPS) is 14.4. The van der Waals surface area contributed by atoms with Crippen molar-refractivity contribution in [3.8, 4) is 11.8 Å². The first-order chi connectivity index (χ1) is 8.31. The van der Waals surface area contributed by atoms with E-state index >= 15 is 0 Å². The van der Waals surface area contributed by atoms with E-state index in [0.717, 1.165) is 12.8 Å². The number of rotatable bonds is 2. The fourth-order valence-corrected chi connectivity index (χ4v) is 1.63. The van der Waals surface area contributed by atoms with E-state index in [1.54, 1.807) is 18.3 Å². The standard InChI is InChI=1S/C13H14N2O2/c16-9-3-5-10-4-2-8-14-12(10)13(17)15-11-6-1-7-11/h2,4,8,11,16H,1,6-7,9H2,(H,15,17). The van der Waals surface area contributed by atoms with E-state index in [2.05, 4.69) is 22.1 Å². The van der Waals surface area contributed by atoms with Gasteiger partial charge in [0.1, 0.15) is 12.3 Å². The second kappa shape index (κ2) is 5.46. The molecule has 1 aliphatic carbocycles. The zero-order valence-corrected chi connectivity index (χ0v) is 9.44. The lowest BCUT2D eigenvalue weighted by atomic mass is 9.93. The molecule has 2 rings (SSSR count). The molecule has 1 heterocycles. The van der Waals surface area contributed by atoms with Gasteiger partial charge in [0.2, 0.25) is 0 Å². The minimum absolute atomic E-state index is 0.183. The topological polar surface area (TPSA) is 62.2 Å². The Morgan fingerprint density at radius 1 is 1.59 bits per heavy atom. The van der Waals surface area contributed by atoms with Gasteiger partial charge in [-0.3, -0.25) is 4.79 Å². The maximum atomic E-state index is 11.9. The molecule has 0 aliphatic heterocycles. The number of pyridine rings is 1. The molecule has 17 heavy (non-hydrogen) atoms. The van der Waals surface area contributed by atoms with Crippen LogP contribution >= 0.6 is 0 Å². The number of nitrogens with one attached hydrogen (secondary N) is 1. The summed E-state index contributed by atoms with van der Waals surface area (Å²) in [6, 6.07) is 3.73. The lowest BCUT2D eigenvalue weighted by Gasteiger charge is -2.26. The molecular formula is C13H14N2O2. The van der Waals surface area contributed by atoms with Crippen LogP contribution in [0.1, 0.15) is 35.3 Å². The van der Waals surface area contributed by atoms with E-state index in [1.807, 2.05) is 0 Å². The van der Waals surface area contributed by atoms with Crippen molar-refractivity contribution in [3.05, 3.63) is 29.6 Å². The number of nitrogens with zero attached hydrogens (tertiary/aromatic N) is 1.